The second-order valence-electron chi connectivity index (χ2n) is 4.39. The van der Waals surface area contributed by atoms with E-state index in [1.165, 1.54) is 0 Å². The van der Waals surface area contributed by atoms with E-state index in [2.05, 4.69) is 22.0 Å². The quantitative estimate of drug-likeness (QED) is 0.767. The molecular weight excluding hydrogens is 266 g/mol. The average molecular weight is 282 g/mol. The van der Waals surface area contributed by atoms with Crippen molar-refractivity contribution < 1.29 is 4.74 Å². The number of benzene rings is 1. The van der Waals surface area contributed by atoms with Gasteiger partial charge in [-0.15, -0.1) is 0 Å². The lowest BCUT2D eigenvalue weighted by molar-refractivity contribution is 0.102. The van der Waals surface area contributed by atoms with Crippen LogP contribution in [0, 0.1) is 16.7 Å². The molecule has 0 aliphatic carbocycles. The fourth-order valence-electron chi connectivity index (χ4n) is 1.18. The Morgan fingerprint density at radius 1 is 1.38 bits per heavy atom. The molecule has 0 saturated heterocycles. The summed E-state index contributed by atoms with van der Waals surface area (Å²) in [5, 5.41) is 8.84. The van der Waals surface area contributed by atoms with Gasteiger partial charge < -0.3 is 4.74 Å². The number of nitrogens with zero attached hydrogens (tertiary/aromatic N) is 1. The maximum Gasteiger partial charge on any atom is 0.0727 e. The molecule has 1 aromatic carbocycles. The highest BCUT2D eigenvalue weighted by Gasteiger charge is 2.15. The largest absolute Gasteiger partial charge is 0.377 e. The van der Waals surface area contributed by atoms with E-state index in [0.717, 1.165) is 16.5 Å². The van der Waals surface area contributed by atoms with Gasteiger partial charge >= 0.3 is 0 Å². The highest BCUT2D eigenvalue weighted by atomic mass is 79.9. The van der Waals surface area contributed by atoms with Gasteiger partial charge in [0.2, 0.25) is 0 Å². The number of rotatable bonds is 5. The van der Waals surface area contributed by atoms with Crippen LogP contribution in [0.25, 0.3) is 0 Å². The molecule has 86 valence electrons. The molecule has 1 aromatic rings. The lowest BCUT2D eigenvalue weighted by Crippen LogP contribution is -2.11. The van der Waals surface area contributed by atoms with Crippen LogP contribution in [0.3, 0.4) is 0 Å². The zero-order valence-corrected chi connectivity index (χ0v) is 11.3. The third kappa shape index (κ3) is 4.34. The molecule has 0 amide bonds. The van der Waals surface area contributed by atoms with Gasteiger partial charge in [0.25, 0.3) is 0 Å². The van der Waals surface area contributed by atoms with Gasteiger partial charge in [-0.3, -0.25) is 0 Å². The standard InChI is InChI=1S/C13H16BrNO/c1-13(2,10-15)7-8-16-9-11-5-3-4-6-12(11)14/h3-6H,7-9H2,1-2H3. The summed E-state index contributed by atoms with van der Waals surface area (Å²) in [6, 6.07) is 10.3. The molecule has 3 heteroatoms. The van der Waals surface area contributed by atoms with Gasteiger partial charge in [0, 0.05) is 11.1 Å². The minimum absolute atomic E-state index is 0.298. The van der Waals surface area contributed by atoms with Crippen LogP contribution in [0.4, 0.5) is 0 Å². The Balaban J connectivity index is 2.33. The van der Waals surface area contributed by atoms with E-state index >= 15 is 0 Å². The Morgan fingerprint density at radius 2 is 2.06 bits per heavy atom. The number of ether oxygens (including phenoxy) is 1. The molecule has 0 bridgehead atoms. The van der Waals surface area contributed by atoms with Gasteiger partial charge in [-0.1, -0.05) is 34.1 Å². The predicted octanol–water partition coefficient (Wildman–Crippen LogP) is 3.91. The molecule has 0 aliphatic heterocycles. The Kier molecular flexibility index (Phi) is 4.98. The molecule has 0 unspecified atom stereocenters. The Hall–Kier alpha value is -0.850. The second-order valence-corrected chi connectivity index (χ2v) is 5.24. The molecule has 0 radical (unpaired) electrons. The van der Waals surface area contributed by atoms with E-state index in [4.69, 9.17) is 10.00 Å². The lowest BCUT2D eigenvalue weighted by atomic mass is 9.92. The van der Waals surface area contributed by atoms with Crippen molar-refractivity contribution in [2.24, 2.45) is 5.41 Å². The van der Waals surface area contributed by atoms with E-state index in [1.807, 2.05) is 38.1 Å². The monoisotopic (exact) mass is 281 g/mol. The second kappa shape index (κ2) is 6.03. The normalized spacial score (nSPS) is 11.1. The summed E-state index contributed by atoms with van der Waals surface area (Å²) < 4.78 is 6.62. The van der Waals surface area contributed by atoms with Crippen molar-refractivity contribution in [1.82, 2.24) is 0 Å². The summed E-state index contributed by atoms with van der Waals surface area (Å²) >= 11 is 3.47. The molecule has 0 heterocycles. The maximum atomic E-state index is 8.84. The minimum Gasteiger partial charge on any atom is -0.377 e. The van der Waals surface area contributed by atoms with Crippen molar-refractivity contribution in [3.05, 3.63) is 34.3 Å². The maximum absolute atomic E-state index is 8.84. The SMILES string of the molecule is CC(C)(C#N)CCOCc1ccccc1Br. The first-order valence-electron chi connectivity index (χ1n) is 5.27. The predicted molar refractivity (Wildman–Crippen MR) is 67.8 cm³/mol. The summed E-state index contributed by atoms with van der Waals surface area (Å²) in [5.74, 6) is 0. The average Bonchev–Trinajstić information content (AvgIpc) is 2.27. The fourth-order valence-corrected chi connectivity index (χ4v) is 1.58. The van der Waals surface area contributed by atoms with Crippen LogP contribution in [0.15, 0.2) is 28.7 Å². The van der Waals surface area contributed by atoms with E-state index in [-0.39, 0.29) is 5.41 Å². The first-order chi connectivity index (χ1) is 7.55. The van der Waals surface area contributed by atoms with E-state index in [9.17, 15) is 0 Å². The first-order valence-corrected chi connectivity index (χ1v) is 6.07. The van der Waals surface area contributed by atoms with Gasteiger partial charge in [-0.2, -0.15) is 5.26 Å². The smallest absolute Gasteiger partial charge is 0.0727 e. The van der Waals surface area contributed by atoms with Crippen molar-refractivity contribution in [3.63, 3.8) is 0 Å². The van der Waals surface area contributed by atoms with Crippen LogP contribution in [0.1, 0.15) is 25.8 Å². The number of halogens is 1. The number of nitriles is 1. The van der Waals surface area contributed by atoms with Gasteiger partial charge in [0.05, 0.1) is 18.1 Å². The van der Waals surface area contributed by atoms with Gasteiger partial charge in [-0.05, 0) is 31.9 Å². The van der Waals surface area contributed by atoms with Crippen LogP contribution < -0.4 is 0 Å². The van der Waals surface area contributed by atoms with Crippen molar-refractivity contribution in [2.75, 3.05) is 6.61 Å². The Bertz CT molecular complexity index is 382. The molecule has 2 nitrogen and oxygen atoms in total. The molecule has 0 saturated carbocycles. The molecule has 0 aliphatic rings. The van der Waals surface area contributed by atoms with Crippen LogP contribution in [0.5, 0.6) is 0 Å². The summed E-state index contributed by atoms with van der Waals surface area (Å²) in [5.41, 5.74) is 0.839. The summed E-state index contributed by atoms with van der Waals surface area (Å²) in [6.45, 7) is 5.05. The van der Waals surface area contributed by atoms with Crippen LogP contribution >= 0.6 is 15.9 Å². The molecule has 0 N–H and O–H groups in total. The van der Waals surface area contributed by atoms with Crippen molar-refractivity contribution in [2.45, 2.75) is 26.9 Å². The van der Waals surface area contributed by atoms with E-state index in [0.29, 0.717) is 13.2 Å². The Labute approximate surface area is 105 Å². The highest BCUT2D eigenvalue weighted by Crippen LogP contribution is 2.20. The zero-order valence-electron chi connectivity index (χ0n) is 9.66. The van der Waals surface area contributed by atoms with Crippen molar-refractivity contribution in [3.8, 4) is 6.07 Å². The van der Waals surface area contributed by atoms with Gasteiger partial charge in [0.15, 0.2) is 0 Å². The van der Waals surface area contributed by atoms with E-state index < -0.39 is 0 Å². The van der Waals surface area contributed by atoms with Gasteiger partial charge in [0.1, 0.15) is 0 Å². The lowest BCUT2D eigenvalue weighted by Gasteiger charge is -2.14. The summed E-state index contributed by atoms with van der Waals surface area (Å²) in [7, 11) is 0. The van der Waals surface area contributed by atoms with Crippen molar-refractivity contribution in [1.29, 1.82) is 5.26 Å². The summed E-state index contributed by atoms with van der Waals surface area (Å²) in [6.07, 6.45) is 0.758. The number of hydrogen-bond donors (Lipinski definition) is 0. The number of hydrogen-bond acceptors (Lipinski definition) is 2. The van der Waals surface area contributed by atoms with Gasteiger partial charge in [-0.25, -0.2) is 0 Å². The molecule has 1 rings (SSSR count). The van der Waals surface area contributed by atoms with Crippen LogP contribution in [0.2, 0.25) is 0 Å². The minimum atomic E-state index is -0.298. The molecule has 0 atom stereocenters. The Morgan fingerprint density at radius 3 is 2.69 bits per heavy atom. The third-order valence-electron chi connectivity index (χ3n) is 2.39. The van der Waals surface area contributed by atoms with Crippen LogP contribution in [-0.2, 0) is 11.3 Å². The topological polar surface area (TPSA) is 33.0 Å². The first kappa shape index (κ1) is 13.2. The van der Waals surface area contributed by atoms with E-state index in [1.54, 1.807) is 0 Å². The van der Waals surface area contributed by atoms with Crippen molar-refractivity contribution >= 4 is 15.9 Å². The summed E-state index contributed by atoms with van der Waals surface area (Å²) in [4.78, 5) is 0. The molecule has 0 fully saturated rings. The molecule has 16 heavy (non-hydrogen) atoms. The molecular formula is C13H16BrNO. The molecule has 0 spiro atoms. The van der Waals surface area contributed by atoms with Crippen LogP contribution in [-0.4, -0.2) is 6.61 Å². The third-order valence-corrected chi connectivity index (χ3v) is 3.16. The fraction of sp³-hybridized carbons (Fsp3) is 0.462. The molecule has 0 aromatic heterocycles. The zero-order chi connectivity index (χ0) is 12.0. The highest BCUT2D eigenvalue weighted by molar-refractivity contribution is 9.10.